The van der Waals surface area contributed by atoms with E-state index in [0.717, 1.165) is 78.1 Å². The van der Waals surface area contributed by atoms with Crippen molar-refractivity contribution in [3.05, 3.63) is 106 Å². The normalized spacial score (nSPS) is 12.8. The number of H-pyrrole nitrogens is 2. The third-order valence-corrected chi connectivity index (χ3v) is 12.9. The number of nitrogens with one attached hydrogen (secondary N) is 2. The molecule has 4 aromatic heterocycles. The molecule has 10 nitrogen and oxygen atoms in total. The zero-order valence-electron chi connectivity index (χ0n) is 38.3. The fraction of sp³-hybridized carbons (Fsp3) is 0.308. The molecule has 0 radical (unpaired) electrons. The number of nitrogens with zero attached hydrogens (tertiary/aromatic N) is 4. The van der Waals surface area contributed by atoms with E-state index in [1.165, 1.54) is 22.7 Å². The number of ether oxygens (including phenoxy) is 4. The van der Waals surface area contributed by atoms with E-state index >= 15 is 0 Å². The van der Waals surface area contributed by atoms with Crippen molar-refractivity contribution in [2.24, 2.45) is 11.8 Å². The zero-order valence-corrected chi connectivity index (χ0v) is 39.9. The molecule has 2 atom stereocenters. The molecule has 0 saturated carbocycles. The number of benzene rings is 4. The number of nitriles is 2. The Hall–Kier alpha value is -6.60. The van der Waals surface area contributed by atoms with Crippen molar-refractivity contribution in [1.82, 2.24) is 19.9 Å². The van der Waals surface area contributed by atoms with Crippen LogP contribution in [-0.2, 0) is 0 Å². The number of hydrogen-bond donors (Lipinski definition) is 2. The molecule has 0 fully saturated rings. The van der Waals surface area contributed by atoms with Crippen LogP contribution in [0.5, 0.6) is 23.0 Å². The molecule has 330 valence electrons. The van der Waals surface area contributed by atoms with Crippen LogP contribution in [0.4, 0.5) is 0 Å². The van der Waals surface area contributed by atoms with Crippen molar-refractivity contribution in [1.29, 1.82) is 10.5 Å². The second kappa shape index (κ2) is 21.7. The van der Waals surface area contributed by atoms with Crippen LogP contribution in [0, 0.1) is 34.5 Å². The molecular formula is C52H56N6O4S2. The molecule has 8 aromatic rings. The molecule has 8 rings (SSSR count). The van der Waals surface area contributed by atoms with Gasteiger partial charge in [-0.05, 0) is 108 Å². The average molecular weight is 893 g/mol. The van der Waals surface area contributed by atoms with Gasteiger partial charge in [0, 0.05) is 10.8 Å². The number of hydrogen-bond acceptors (Lipinski definition) is 10. The summed E-state index contributed by atoms with van der Waals surface area (Å²) in [7, 11) is 3.26. The van der Waals surface area contributed by atoms with Crippen LogP contribution >= 0.6 is 22.7 Å². The molecule has 4 aromatic carbocycles. The Morgan fingerprint density at radius 1 is 0.578 bits per heavy atom. The maximum absolute atomic E-state index is 11.1. The predicted octanol–water partition coefficient (Wildman–Crippen LogP) is 12.4. The molecule has 0 amide bonds. The summed E-state index contributed by atoms with van der Waals surface area (Å²) in [6.45, 7) is 17.9. The van der Waals surface area contributed by atoms with Crippen molar-refractivity contribution >= 4 is 65.0 Å². The summed E-state index contributed by atoms with van der Waals surface area (Å²) in [5.74, 6) is 3.78. The van der Waals surface area contributed by atoms with Crippen molar-refractivity contribution in [3.8, 4) is 57.7 Å². The minimum atomic E-state index is 0.367. The average Bonchev–Trinajstić information content (AvgIpc) is 4.15. The van der Waals surface area contributed by atoms with Gasteiger partial charge in [-0.3, -0.25) is 0 Å². The number of aromatic nitrogens is 4. The Kier molecular flexibility index (Phi) is 15.9. The van der Waals surface area contributed by atoms with Crippen LogP contribution < -0.4 is 29.6 Å². The lowest BCUT2D eigenvalue weighted by atomic mass is 10.0. The first-order valence-electron chi connectivity index (χ1n) is 21.9. The second-order valence-corrected chi connectivity index (χ2v) is 16.9. The molecule has 2 N–H and O–H groups in total. The van der Waals surface area contributed by atoms with Gasteiger partial charge in [0.2, 0.25) is 0 Å². The van der Waals surface area contributed by atoms with Gasteiger partial charge < -0.3 is 28.9 Å². The smallest absolute Gasteiger partial charge is 0.137 e. The number of thiazole rings is 2. The van der Waals surface area contributed by atoms with E-state index in [1.54, 1.807) is 14.2 Å². The molecule has 0 bridgehead atoms. The lowest BCUT2D eigenvalue weighted by Crippen LogP contribution is -2.10. The topological polar surface area (TPSA) is 142 Å². The van der Waals surface area contributed by atoms with Gasteiger partial charge in [0.1, 0.15) is 56.3 Å². The Morgan fingerprint density at radius 3 is 1.27 bits per heavy atom. The summed E-state index contributed by atoms with van der Waals surface area (Å²) in [5.41, 5.74) is 5.40. The van der Waals surface area contributed by atoms with Crippen molar-refractivity contribution in [2.45, 2.75) is 68.2 Å². The monoisotopic (exact) mass is 892 g/mol. The first kappa shape index (κ1) is 46.9. The SMILES string of the molecule is CC.CC.CCC(C)COc1ccc(-c2[nH]/c(=C(/C#N)c3nc4ccc(OC)cc4s3)c3c(-c4ccc(OCC(C)CC)cc4)[nH]/c(=C(/C#N)c4nc5ccc(OC)cc5s4)c23)cc1. The maximum Gasteiger partial charge on any atom is 0.137 e. The zero-order chi connectivity index (χ0) is 45.9. The van der Waals surface area contributed by atoms with Gasteiger partial charge in [0.15, 0.2) is 0 Å². The van der Waals surface area contributed by atoms with Gasteiger partial charge in [-0.15, -0.1) is 22.7 Å². The molecule has 0 aliphatic carbocycles. The number of methoxy groups -OCH3 is 2. The lowest BCUT2D eigenvalue weighted by molar-refractivity contribution is 0.256. The van der Waals surface area contributed by atoms with Gasteiger partial charge in [-0.1, -0.05) is 68.2 Å². The van der Waals surface area contributed by atoms with Gasteiger partial charge >= 0.3 is 0 Å². The van der Waals surface area contributed by atoms with E-state index in [9.17, 15) is 10.5 Å². The number of fused-ring (bicyclic) bond motifs is 3. The van der Waals surface area contributed by atoms with Crippen LogP contribution in [0.25, 0.3) is 64.9 Å². The van der Waals surface area contributed by atoms with E-state index in [-0.39, 0.29) is 0 Å². The molecule has 0 saturated heterocycles. The summed E-state index contributed by atoms with van der Waals surface area (Å²) in [6, 6.07) is 32.3. The highest BCUT2D eigenvalue weighted by atomic mass is 32.1. The number of rotatable bonds is 14. The van der Waals surface area contributed by atoms with Gasteiger partial charge in [0.25, 0.3) is 0 Å². The van der Waals surface area contributed by atoms with Crippen molar-refractivity contribution < 1.29 is 18.9 Å². The summed E-state index contributed by atoms with van der Waals surface area (Å²) in [6.07, 6.45) is 2.04. The highest BCUT2D eigenvalue weighted by molar-refractivity contribution is 7.20. The van der Waals surface area contributed by atoms with Gasteiger partial charge in [-0.2, -0.15) is 10.5 Å². The van der Waals surface area contributed by atoms with Crippen LogP contribution in [-0.4, -0.2) is 47.4 Å². The highest BCUT2D eigenvalue weighted by Crippen LogP contribution is 2.36. The lowest BCUT2D eigenvalue weighted by Gasteiger charge is -2.11. The molecule has 0 aliphatic rings. The Balaban J connectivity index is 0.00000165. The van der Waals surface area contributed by atoms with Crippen LogP contribution in [0.3, 0.4) is 0 Å². The Morgan fingerprint density at radius 2 is 0.938 bits per heavy atom. The second-order valence-electron chi connectivity index (χ2n) is 14.9. The molecule has 0 spiro atoms. The fourth-order valence-electron chi connectivity index (χ4n) is 6.91. The van der Waals surface area contributed by atoms with Crippen LogP contribution in [0.15, 0.2) is 84.9 Å². The minimum absolute atomic E-state index is 0.367. The van der Waals surface area contributed by atoms with E-state index in [2.05, 4.69) is 49.8 Å². The molecule has 12 heteroatoms. The standard InChI is InChI=1S/C48H44N6O4S2.2C2H6/c1-7-27(3)25-57-31-13-9-29(10-14-31)43-41-42(46(53-43)36(24-50)48-52-38-20-18-34(56-6)22-40(38)60-48)44(30-11-15-32(16-12-30)58-26-28(4)8-2)54-45(41)35(23-49)47-51-37-19-17-33(55-5)21-39(37)59-47;2*1-2/h9-22,27-28,53-54H,7-8,25-26H2,1-6H3;2*1-2H3/b45-35-,46-36-;;. The summed E-state index contributed by atoms with van der Waals surface area (Å²) in [4.78, 5) is 17.3. The van der Waals surface area contributed by atoms with Crippen molar-refractivity contribution in [2.75, 3.05) is 27.4 Å². The van der Waals surface area contributed by atoms with Gasteiger partial charge in [-0.25, -0.2) is 9.97 Å². The molecule has 4 heterocycles. The summed E-state index contributed by atoms with van der Waals surface area (Å²) in [5, 5.41) is 25.9. The third kappa shape index (κ3) is 9.79. The number of aromatic amines is 2. The van der Waals surface area contributed by atoms with Gasteiger partial charge in [0.05, 0.1) is 70.0 Å². The maximum atomic E-state index is 11.1. The van der Waals surface area contributed by atoms with E-state index in [4.69, 9.17) is 28.9 Å². The predicted molar refractivity (Wildman–Crippen MR) is 264 cm³/mol. The minimum Gasteiger partial charge on any atom is -0.497 e. The van der Waals surface area contributed by atoms with Crippen molar-refractivity contribution in [3.63, 3.8) is 0 Å². The van der Waals surface area contributed by atoms with E-state index < -0.39 is 0 Å². The molecule has 64 heavy (non-hydrogen) atoms. The largest absolute Gasteiger partial charge is 0.497 e. The fourth-order valence-corrected chi connectivity index (χ4v) is 8.90. The van der Waals surface area contributed by atoms with Crippen LogP contribution in [0.1, 0.15) is 78.2 Å². The van der Waals surface area contributed by atoms with Crippen LogP contribution in [0.2, 0.25) is 0 Å². The van der Waals surface area contributed by atoms with E-state index in [1.807, 2.05) is 113 Å². The highest BCUT2D eigenvalue weighted by Gasteiger charge is 2.24. The molecule has 0 aliphatic heterocycles. The first-order chi connectivity index (χ1) is 31.2. The Bertz CT molecular complexity index is 2850. The third-order valence-electron chi connectivity index (χ3n) is 10.8. The quantitative estimate of drug-likeness (QED) is 0.110. The van der Waals surface area contributed by atoms with E-state index in [0.29, 0.717) is 68.4 Å². The molecule has 2 unspecified atom stereocenters. The Labute approximate surface area is 383 Å². The first-order valence-corrected chi connectivity index (χ1v) is 23.6. The summed E-state index contributed by atoms with van der Waals surface area (Å²) >= 11 is 2.84. The summed E-state index contributed by atoms with van der Waals surface area (Å²) < 4.78 is 25.1. The molecular weight excluding hydrogens is 837 g/mol.